The lowest BCUT2D eigenvalue weighted by atomic mass is 10.2. The number of hydrogen-bond donors (Lipinski definition) is 1. The van der Waals surface area contributed by atoms with Crippen molar-refractivity contribution in [2.75, 3.05) is 17.7 Å². The Kier molecular flexibility index (Phi) is 6.19. The third-order valence-electron chi connectivity index (χ3n) is 4.86. The minimum absolute atomic E-state index is 0.121. The first-order valence-corrected chi connectivity index (χ1v) is 10.1. The molecule has 27 heavy (non-hydrogen) atoms. The van der Waals surface area contributed by atoms with Gasteiger partial charge in [-0.3, -0.25) is 4.79 Å². The molecule has 3 rings (SSSR count). The van der Waals surface area contributed by atoms with Crippen molar-refractivity contribution in [1.29, 1.82) is 5.26 Å². The Balaban J connectivity index is 1.75. The normalized spacial score (nSPS) is 16.4. The lowest BCUT2D eigenvalue weighted by molar-refractivity contribution is -0.113. The minimum Gasteiger partial charge on any atom is -0.376 e. The van der Waals surface area contributed by atoms with E-state index in [0.717, 1.165) is 37.3 Å². The van der Waals surface area contributed by atoms with Crippen molar-refractivity contribution >= 4 is 23.5 Å². The number of rotatable bonds is 7. The van der Waals surface area contributed by atoms with E-state index in [1.807, 2.05) is 29.9 Å². The average molecular weight is 388 g/mol. The maximum atomic E-state index is 12.5. The molecule has 1 N–H and O–H groups in total. The van der Waals surface area contributed by atoms with E-state index in [-0.39, 0.29) is 17.8 Å². The maximum Gasteiger partial charge on any atom is 0.235 e. The SMILES string of the molecule is CCn1cnnc1SCC(=O)Nc1c(C#N)c(C)c(C)n1C[C@H]1CCCO1. The summed E-state index contributed by atoms with van der Waals surface area (Å²) in [4.78, 5) is 12.5. The van der Waals surface area contributed by atoms with E-state index >= 15 is 0 Å². The van der Waals surface area contributed by atoms with Crippen LogP contribution in [0.4, 0.5) is 5.82 Å². The molecule has 0 bridgehead atoms. The summed E-state index contributed by atoms with van der Waals surface area (Å²) in [6.07, 6.45) is 3.81. The summed E-state index contributed by atoms with van der Waals surface area (Å²) in [5.74, 6) is 0.589. The molecule has 9 heteroatoms. The van der Waals surface area contributed by atoms with Crippen LogP contribution in [0.2, 0.25) is 0 Å². The smallest absolute Gasteiger partial charge is 0.235 e. The van der Waals surface area contributed by atoms with Crippen molar-refractivity contribution in [3.63, 3.8) is 0 Å². The summed E-state index contributed by atoms with van der Waals surface area (Å²) in [5, 5.41) is 21.1. The first kappa shape index (κ1) is 19.5. The van der Waals surface area contributed by atoms with E-state index in [9.17, 15) is 10.1 Å². The first-order chi connectivity index (χ1) is 13.0. The van der Waals surface area contributed by atoms with E-state index in [2.05, 4.69) is 21.6 Å². The Morgan fingerprint density at radius 2 is 2.33 bits per heavy atom. The molecular formula is C18H24N6O2S. The number of nitrogens with one attached hydrogen (secondary N) is 1. The van der Waals surface area contributed by atoms with Crippen LogP contribution in [-0.4, -0.2) is 43.7 Å². The van der Waals surface area contributed by atoms with Crippen LogP contribution in [0.1, 0.15) is 36.6 Å². The molecule has 0 aliphatic carbocycles. The number of aromatic nitrogens is 4. The van der Waals surface area contributed by atoms with E-state index in [0.29, 0.717) is 23.1 Å². The molecule has 1 fully saturated rings. The minimum atomic E-state index is -0.173. The quantitative estimate of drug-likeness (QED) is 0.732. The molecular weight excluding hydrogens is 364 g/mol. The summed E-state index contributed by atoms with van der Waals surface area (Å²) in [5.41, 5.74) is 2.39. The van der Waals surface area contributed by atoms with E-state index in [4.69, 9.17) is 4.74 Å². The van der Waals surface area contributed by atoms with Gasteiger partial charge in [-0.05, 0) is 39.2 Å². The second kappa shape index (κ2) is 8.59. The summed E-state index contributed by atoms with van der Waals surface area (Å²) < 4.78 is 9.62. The average Bonchev–Trinajstić information content (AvgIpc) is 3.38. The zero-order chi connectivity index (χ0) is 19.4. The van der Waals surface area contributed by atoms with Crippen LogP contribution in [0.5, 0.6) is 0 Å². The van der Waals surface area contributed by atoms with Gasteiger partial charge in [0, 0.05) is 18.8 Å². The van der Waals surface area contributed by atoms with Gasteiger partial charge in [0.15, 0.2) is 5.16 Å². The van der Waals surface area contributed by atoms with Crippen LogP contribution < -0.4 is 5.32 Å². The van der Waals surface area contributed by atoms with Crippen molar-refractivity contribution in [1.82, 2.24) is 19.3 Å². The second-order valence-corrected chi connectivity index (χ2v) is 7.47. The zero-order valence-corrected chi connectivity index (χ0v) is 16.7. The van der Waals surface area contributed by atoms with Crippen molar-refractivity contribution in [2.24, 2.45) is 0 Å². The number of thioether (sulfide) groups is 1. The topological polar surface area (TPSA) is 97.8 Å². The Labute approximate surface area is 162 Å². The third-order valence-corrected chi connectivity index (χ3v) is 5.84. The monoisotopic (exact) mass is 388 g/mol. The summed E-state index contributed by atoms with van der Waals surface area (Å²) in [6.45, 7) is 8.04. The number of carbonyl (C=O) groups excluding carboxylic acids is 1. The van der Waals surface area contributed by atoms with Gasteiger partial charge in [-0.25, -0.2) is 0 Å². The van der Waals surface area contributed by atoms with Crippen molar-refractivity contribution in [2.45, 2.75) is 58.0 Å². The fraction of sp³-hybridized carbons (Fsp3) is 0.556. The molecule has 1 aliphatic heterocycles. The van der Waals surface area contributed by atoms with Gasteiger partial charge < -0.3 is 19.2 Å². The summed E-state index contributed by atoms with van der Waals surface area (Å²) in [6, 6.07) is 2.23. The van der Waals surface area contributed by atoms with Crippen molar-refractivity contribution in [3.8, 4) is 6.07 Å². The van der Waals surface area contributed by atoms with Gasteiger partial charge in [0.1, 0.15) is 18.2 Å². The lowest BCUT2D eigenvalue weighted by Gasteiger charge is -2.16. The zero-order valence-electron chi connectivity index (χ0n) is 15.9. The molecule has 8 nitrogen and oxygen atoms in total. The van der Waals surface area contributed by atoms with Gasteiger partial charge in [0.25, 0.3) is 0 Å². The van der Waals surface area contributed by atoms with Gasteiger partial charge in [-0.15, -0.1) is 10.2 Å². The molecule has 1 atom stereocenters. The van der Waals surface area contributed by atoms with E-state index in [1.54, 1.807) is 6.33 Å². The molecule has 1 aliphatic rings. The molecule has 3 heterocycles. The molecule has 144 valence electrons. The molecule has 0 radical (unpaired) electrons. The molecule has 2 aromatic rings. The predicted molar refractivity (Wildman–Crippen MR) is 103 cm³/mol. The molecule has 1 saturated heterocycles. The molecule has 2 aromatic heterocycles. The Hall–Kier alpha value is -2.31. The number of anilines is 1. The van der Waals surface area contributed by atoms with Crippen molar-refractivity contribution < 1.29 is 9.53 Å². The highest BCUT2D eigenvalue weighted by Gasteiger charge is 2.24. The van der Waals surface area contributed by atoms with Gasteiger partial charge in [0.2, 0.25) is 5.91 Å². The number of nitrogens with zero attached hydrogens (tertiary/aromatic N) is 5. The van der Waals surface area contributed by atoms with Crippen LogP contribution in [0.3, 0.4) is 0 Å². The molecule has 0 spiro atoms. The van der Waals surface area contributed by atoms with Crippen molar-refractivity contribution in [3.05, 3.63) is 23.1 Å². The molecule has 0 saturated carbocycles. The second-order valence-electron chi connectivity index (χ2n) is 6.53. The Morgan fingerprint density at radius 1 is 1.52 bits per heavy atom. The van der Waals surface area contributed by atoms with Crippen LogP contribution in [0.15, 0.2) is 11.5 Å². The van der Waals surface area contributed by atoms with Gasteiger partial charge in [-0.1, -0.05) is 11.8 Å². The molecule has 1 amide bonds. The van der Waals surface area contributed by atoms with Crippen LogP contribution >= 0.6 is 11.8 Å². The third kappa shape index (κ3) is 4.17. The summed E-state index contributed by atoms with van der Waals surface area (Å²) >= 11 is 1.33. The van der Waals surface area contributed by atoms with Crippen LogP contribution in [0, 0.1) is 25.2 Å². The maximum absolute atomic E-state index is 12.5. The lowest BCUT2D eigenvalue weighted by Crippen LogP contribution is -2.22. The first-order valence-electron chi connectivity index (χ1n) is 9.07. The fourth-order valence-corrected chi connectivity index (χ4v) is 4.00. The van der Waals surface area contributed by atoms with Gasteiger partial charge in [0.05, 0.1) is 24.0 Å². The highest BCUT2D eigenvalue weighted by Crippen LogP contribution is 2.28. The van der Waals surface area contributed by atoms with Crippen LogP contribution in [-0.2, 0) is 22.6 Å². The highest BCUT2D eigenvalue weighted by atomic mass is 32.2. The number of nitriles is 1. The standard InChI is InChI=1S/C18H24N6O2S/c1-4-23-11-20-22-18(23)27-10-16(25)21-17-15(8-19)12(2)13(3)24(17)9-14-6-5-7-26-14/h11,14H,4-7,9-10H2,1-3H3,(H,21,25)/t14-/m1/s1. The highest BCUT2D eigenvalue weighted by molar-refractivity contribution is 7.99. The van der Waals surface area contributed by atoms with E-state index in [1.165, 1.54) is 11.8 Å². The van der Waals surface area contributed by atoms with Gasteiger partial charge in [-0.2, -0.15) is 5.26 Å². The Morgan fingerprint density at radius 3 is 3.00 bits per heavy atom. The fourth-order valence-electron chi connectivity index (χ4n) is 3.22. The largest absolute Gasteiger partial charge is 0.376 e. The van der Waals surface area contributed by atoms with E-state index < -0.39 is 0 Å². The predicted octanol–water partition coefficient (Wildman–Crippen LogP) is 2.50. The number of aryl methyl sites for hydroxylation is 1. The number of carbonyl (C=O) groups is 1. The molecule has 0 unspecified atom stereocenters. The molecule has 0 aromatic carbocycles. The number of hydrogen-bond acceptors (Lipinski definition) is 6. The van der Waals surface area contributed by atoms with Crippen LogP contribution in [0.25, 0.3) is 0 Å². The van der Waals surface area contributed by atoms with Gasteiger partial charge >= 0.3 is 0 Å². The number of ether oxygens (including phenoxy) is 1. The number of amides is 1. The Bertz CT molecular complexity index is 860. The summed E-state index contributed by atoms with van der Waals surface area (Å²) in [7, 11) is 0.